The lowest BCUT2D eigenvalue weighted by atomic mass is 9.96. The number of hydrogen-bond acceptors (Lipinski definition) is 4. The van der Waals surface area contributed by atoms with Crippen molar-refractivity contribution in [3.8, 4) is 5.75 Å². The molecule has 3 rings (SSSR count). The first kappa shape index (κ1) is 22.7. The van der Waals surface area contributed by atoms with E-state index in [0.717, 1.165) is 29.7 Å². The summed E-state index contributed by atoms with van der Waals surface area (Å²) in [5.74, 6) is 0.0964. The van der Waals surface area contributed by atoms with Gasteiger partial charge in [0.2, 0.25) is 11.8 Å². The van der Waals surface area contributed by atoms with Gasteiger partial charge in [-0.15, -0.1) is 0 Å². The standard InChI is InChI=1S/C24H29FN2O4/c1-30-12-13-31-22-6-2-4-19(14-22)16-26-24(29)20-5-3-11-27(17-20)23(28)15-18-7-9-21(25)10-8-18/h2,4,6-10,14,20H,3,5,11-13,15-17H2,1H3,(H,26,29). The highest BCUT2D eigenvalue weighted by atomic mass is 19.1. The normalized spacial score (nSPS) is 16.1. The van der Waals surface area contributed by atoms with Crippen LogP contribution in [0.1, 0.15) is 24.0 Å². The van der Waals surface area contributed by atoms with Crippen LogP contribution in [0, 0.1) is 11.7 Å². The van der Waals surface area contributed by atoms with E-state index in [1.54, 1.807) is 24.1 Å². The van der Waals surface area contributed by atoms with Crippen molar-refractivity contribution >= 4 is 11.8 Å². The second-order valence-corrected chi connectivity index (χ2v) is 7.69. The molecule has 31 heavy (non-hydrogen) atoms. The van der Waals surface area contributed by atoms with Crippen LogP contribution in [0.25, 0.3) is 0 Å². The fourth-order valence-corrected chi connectivity index (χ4v) is 3.63. The summed E-state index contributed by atoms with van der Waals surface area (Å²) in [5, 5.41) is 2.98. The molecule has 7 heteroatoms. The zero-order valence-corrected chi connectivity index (χ0v) is 17.8. The maximum atomic E-state index is 13.1. The predicted octanol–water partition coefficient (Wildman–Crippen LogP) is 2.95. The molecule has 2 amide bonds. The van der Waals surface area contributed by atoms with Gasteiger partial charge in [0.25, 0.3) is 0 Å². The molecule has 6 nitrogen and oxygen atoms in total. The summed E-state index contributed by atoms with van der Waals surface area (Å²) < 4.78 is 23.6. The Balaban J connectivity index is 1.48. The Morgan fingerprint density at radius 1 is 1.13 bits per heavy atom. The first-order valence-corrected chi connectivity index (χ1v) is 10.6. The number of amides is 2. The summed E-state index contributed by atoms with van der Waals surface area (Å²) in [6, 6.07) is 13.5. The molecule has 0 spiro atoms. The Bertz CT molecular complexity index is 872. The lowest BCUT2D eigenvalue weighted by Crippen LogP contribution is -2.45. The first-order valence-electron chi connectivity index (χ1n) is 10.6. The molecule has 1 fully saturated rings. The number of methoxy groups -OCH3 is 1. The molecule has 0 radical (unpaired) electrons. The van der Waals surface area contributed by atoms with E-state index in [1.165, 1.54) is 12.1 Å². The number of carbonyl (C=O) groups is 2. The van der Waals surface area contributed by atoms with Gasteiger partial charge in [-0.05, 0) is 48.2 Å². The van der Waals surface area contributed by atoms with Crippen LogP contribution in [-0.2, 0) is 27.3 Å². The first-order chi connectivity index (χ1) is 15.0. The zero-order valence-electron chi connectivity index (χ0n) is 17.8. The zero-order chi connectivity index (χ0) is 22.1. The lowest BCUT2D eigenvalue weighted by Gasteiger charge is -2.32. The summed E-state index contributed by atoms with van der Waals surface area (Å²) in [6.45, 7) is 2.44. The van der Waals surface area contributed by atoms with E-state index in [0.29, 0.717) is 32.8 Å². The van der Waals surface area contributed by atoms with Gasteiger partial charge in [0.1, 0.15) is 18.2 Å². The molecule has 2 aromatic rings. The number of nitrogens with one attached hydrogen (secondary N) is 1. The van der Waals surface area contributed by atoms with E-state index in [-0.39, 0.29) is 30.0 Å². The van der Waals surface area contributed by atoms with Crippen LogP contribution in [0.3, 0.4) is 0 Å². The van der Waals surface area contributed by atoms with Gasteiger partial charge < -0.3 is 19.7 Å². The quantitative estimate of drug-likeness (QED) is 0.624. The van der Waals surface area contributed by atoms with E-state index >= 15 is 0 Å². The van der Waals surface area contributed by atoms with Gasteiger partial charge in [-0.25, -0.2) is 4.39 Å². The second-order valence-electron chi connectivity index (χ2n) is 7.69. The molecule has 0 aliphatic carbocycles. The fraction of sp³-hybridized carbons (Fsp3) is 0.417. The second kappa shape index (κ2) is 11.5. The van der Waals surface area contributed by atoms with E-state index in [2.05, 4.69) is 5.32 Å². The molecule has 1 N–H and O–H groups in total. The molecule has 0 saturated carbocycles. The summed E-state index contributed by atoms with van der Waals surface area (Å²) in [5.41, 5.74) is 1.72. The average Bonchev–Trinajstić information content (AvgIpc) is 2.79. The number of piperidine rings is 1. The van der Waals surface area contributed by atoms with E-state index in [1.807, 2.05) is 24.3 Å². The van der Waals surface area contributed by atoms with Crippen molar-refractivity contribution in [2.75, 3.05) is 33.4 Å². The molecule has 0 aromatic heterocycles. The third-order valence-electron chi connectivity index (χ3n) is 5.33. The largest absolute Gasteiger partial charge is 0.491 e. The number of hydrogen-bond donors (Lipinski definition) is 1. The fourth-order valence-electron chi connectivity index (χ4n) is 3.63. The van der Waals surface area contributed by atoms with Gasteiger partial charge in [0.05, 0.1) is 18.9 Å². The number of benzene rings is 2. The maximum Gasteiger partial charge on any atom is 0.227 e. The molecule has 1 aliphatic rings. The maximum absolute atomic E-state index is 13.1. The monoisotopic (exact) mass is 428 g/mol. The number of ether oxygens (including phenoxy) is 2. The Morgan fingerprint density at radius 3 is 2.71 bits per heavy atom. The van der Waals surface area contributed by atoms with E-state index in [9.17, 15) is 14.0 Å². The average molecular weight is 429 g/mol. The number of likely N-dealkylation sites (tertiary alicyclic amines) is 1. The number of nitrogens with zero attached hydrogens (tertiary/aromatic N) is 1. The highest BCUT2D eigenvalue weighted by Crippen LogP contribution is 2.19. The minimum Gasteiger partial charge on any atom is -0.491 e. The molecule has 2 aromatic carbocycles. The summed E-state index contributed by atoms with van der Waals surface area (Å²) in [7, 11) is 1.62. The number of carbonyl (C=O) groups excluding carboxylic acids is 2. The lowest BCUT2D eigenvalue weighted by molar-refractivity contribution is -0.135. The molecule has 1 atom stereocenters. The smallest absolute Gasteiger partial charge is 0.227 e. The van der Waals surface area contributed by atoms with Gasteiger partial charge in [-0.3, -0.25) is 9.59 Å². The van der Waals surface area contributed by atoms with Crippen LogP contribution in [-0.4, -0.2) is 50.1 Å². The third-order valence-corrected chi connectivity index (χ3v) is 5.33. The highest BCUT2D eigenvalue weighted by molar-refractivity contribution is 5.82. The molecule has 1 unspecified atom stereocenters. The molecule has 1 saturated heterocycles. The van der Waals surface area contributed by atoms with Gasteiger partial charge in [-0.1, -0.05) is 24.3 Å². The van der Waals surface area contributed by atoms with E-state index in [4.69, 9.17) is 9.47 Å². The van der Waals surface area contributed by atoms with Crippen molar-refractivity contribution in [2.24, 2.45) is 5.92 Å². The Labute approximate surface area is 182 Å². The highest BCUT2D eigenvalue weighted by Gasteiger charge is 2.28. The summed E-state index contributed by atoms with van der Waals surface area (Å²) in [6.07, 6.45) is 1.76. The van der Waals surface area contributed by atoms with Crippen LogP contribution in [0.5, 0.6) is 5.75 Å². The minimum atomic E-state index is -0.321. The van der Waals surface area contributed by atoms with Crippen LogP contribution in [0.4, 0.5) is 4.39 Å². The van der Waals surface area contributed by atoms with Crippen molar-refractivity contribution < 1.29 is 23.5 Å². The van der Waals surface area contributed by atoms with Gasteiger partial charge in [0, 0.05) is 26.7 Å². The van der Waals surface area contributed by atoms with Gasteiger partial charge >= 0.3 is 0 Å². The van der Waals surface area contributed by atoms with Crippen molar-refractivity contribution in [1.82, 2.24) is 10.2 Å². The van der Waals surface area contributed by atoms with Crippen molar-refractivity contribution in [3.05, 3.63) is 65.5 Å². The van der Waals surface area contributed by atoms with Crippen LogP contribution in [0.15, 0.2) is 48.5 Å². The predicted molar refractivity (Wildman–Crippen MR) is 115 cm³/mol. The minimum absolute atomic E-state index is 0.0370. The van der Waals surface area contributed by atoms with Crippen LogP contribution < -0.4 is 10.1 Å². The van der Waals surface area contributed by atoms with Crippen molar-refractivity contribution in [2.45, 2.75) is 25.8 Å². The van der Waals surface area contributed by atoms with Crippen molar-refractivity contribution in [1.29, 1.82) is 0 Å². The third kappa shape index (κ3) is 7.07. The summed E-state index contributed by atoms with van der Waals surface area (Å²) in [4.78, 5) is 27.1. The number of rotatable bonds is 9. The topological polar surface area (TPSA) is 67.9 Å². The molecular weight excluding hydrogens is 399 g/mol. The Hall–Kier alpha value is -2.93. The van der Waals surface area contributed by atoms with Crippen LogP contribution in [0.2, 0.25) is 0 Å². The molecule has 1 aliphatic heterocycles. The van der Waals surface area contributed by atoms with E-state index < -0.39 is 0 Å². The Kier molecular flexibility index (Phi) is 8.41. The van der Waals surface area contributed by atoms with Crippen molar-refractivity contribution in [3.63, 3.8) is 0 Å². The number of halogens is 1. The van der Waals surface area contributed by atoms with Gasteiger partial charge in [0.15, 0.2) is 0 Å². The SMILES string of the molecule is COCCOc1cccc(CNC(=O)C2CCCN(C(=O)Cc3ccc(F)cc3)C2)c1. The molecular formula is C24H29FN2O4. The molecule has 166 valence electrons. The molecule has 1 heterocycles. The van der Waals surface area contributed by atoms with Gasteiger partial charge in [-0.2, -0.15) is 0 Å². The molecule has 0 bridgehead atoms. The van der Waals surface area contributed by atoms with Crippen LogP contribution >= 0.6 is 0 Å². The summed E-state index contributed by atoms with van der Waals surface area (Å²) >= 11 is 0. The Morgan fingerprint density at radius 2 is 1.94 bits per heavy atom.